The maximum atomic E-state index is 6.38. The van der Waals surface area contributed by atoms with Crippen LogP contribution < -0.4 is 5.32 Å². The van der Waals surface area contributed by atoms with Crippen LogP contribution in [0.5, 0.6) is 0 Å². The van der Waals surface area contributed by atoms with Crippen LogP contribution in [0.4, 0.5) is 5.69 Å². The Bertz CT molecular complexity index is 529. The fourth-order valence-electron chi connectivity index (χ4n) is 6.32. The lowest BCUT2D eigenvalue weighted by Gasteiger charge is -2.59. The molecule has 5 aliphatic rings. The molecule has 4 aliphatic carbocycles. The number of hydrogen-bond donors (Lipinski definition) is 1. The molecule has 0 aromatic heterocycles. The van der Waals surface area contributed by atoms with Crippen LogP contribution in [0.3, 0.4) is 0 Å². The normalized spacial score (nSPS) is 44.5. The van der Waals surface area contributed by atoms with Crippen LogP contribution in [0.15, 0.2) is 18.2 Å². The van der Waals surface area contributed by atoms with Gasteiger partial charge in [0.25, 0.3) is 0 Å². The molecule has 1 unspecified atom stereocenters. The molecule has 0 saturated heterocycles. The Kier molecular flexibility index (Phi) is 2.35. The van der Waals surface area contributed by atoms with E-state index < -0.39 is 0 Å². The molecule has 0 amide bonds. The zero-order valence-corrected chi connectivity index (χ0v) is 12.6. The summed E-state index contributed by atoms with van der Waals surface area (Å²) in [7, 11) is 0. The maximum absolute atomic E-state index is 6.38. The number of para-hydroxylation sites is 1. The van der Waals surface area contributed by atoms with Crippen molar-refractivity contribution in [1.82, 2.24) is 0 Å². The Morgan fingerprint density at radius 1 is 1.00 bits per heavy atom. The fraction of sp³-hybridized carbons (Fsp3) is 0.667. The van der Waals surface area contributed by atoms with Crippen molar-refractivity contribution in [3.63, 3.8) is 0 Å². The van der Waals surface area contributed by atoms with Crippen molar-refractivity contribution in [2.45, 2.75) is 51.0 Å². The van der Waals surface area contributed by atoms with Crippen molar-refractivity contribution < 1.29 is 0 Å². The molecule has 1 atom stereocenters. The third kappa shape index (κ3) is 1.56. The van der Waals surface area contributed by atoms with Gasteiger partial charge in [0.15, 0.2) is 0 Å². The minimum Gasteiger partial charge on any atom is -0.380 e. The fourth-order valence-corrected chi connectivity index (χ4v) is 6.57. The van der Waals surface area contributed by atoms with E-state index in [0.717, 1.165) is 22.8 Å². The number of fused-ring (bicyclic) bond motifs is 1. The molecule has 1 aliphatic heterocycles. The lowest BCUT2D eigenvalue weighted by atomic mass is 9.47. The minimum absolute atomic E-state index is 0.580. The lowest BCUT2D eigenvalue weighted by molar-refractivity contribution is -0.0619. The molecule has 6 rings (SSSR count). The van der Waals surface area contributed by atoms with E-state index >= 15 is 0 Å². The average Bonchev–Trinajstić information content (AvgIpc) is 2.83. The summed E-state index contributed by atoms with van der Waals surface area (Å²) < 4.78 is 0. The maximum Gasteiger partial charge on any atom is 0.0640 e. The van der Waals surface area contributed by atoms with E-state index in [1.54, 1.807) is 0 Å². The van der Waals surface area contributed by atoms with Crippen molar-refractivity contribution in [2.75, 3.05) is 5.32 Å². The van der Waals surface area contributed by atoms with E-state index in [1.165, 1.54) is 56.2 Å². The molecule has 106 valence electrons. The van der Waals surface area contributed by atoms with Crippen LogP contribution in [-0.2, 0) is 6.42 Å². The topological polar surface area (TPSA) is 12.0 Å². The standard InChI is InChI=1S/C18H22ClN/c19-15-3-1-2-14-7-16(20-17(14)15)18-8-11-4-12(9-18)6-13(5-11)10-18/h1-3,11-13,16,20H,4-10H2. The van der Waals surface area contributed by atoms with E-state index in [-0.39, 0.29) is 0 Å². The van der Waals surface area contributed by atoms with Gasteiger partial charge in [0, 0.05) is 6.04 Å². The van der Waals surface area contributed by atoms with Gasteiger partial charge in [-0.1, -0.05) is 23.7 Å². The highest BCUT2D eigenvalue weighted by Gasteiger charge is 2.55. The molecule has 2 heteroatoms. The summed E-state index contributed by atoms with van der Waals surface area (Å²) in [5, 5.41) is 4.74. The van der Waals surface area contributed by atoms with Gasteiger partial charge in [0.1, 0.15) is 0 Å². The second-order valence-electron chi connectivity index (χ2n) is 7.95. The SMILES string of the molecule is Clc1cccc2c1NC(C13CC4CC(CC(C4)C1)C3)C2. The molecule has 4 fully saturated rings. The van der Waals surface area contributed by atoms with E-state index in [4.69, 9.17) is 11.6 Å². The second kappa shape index (κ2) is 3.94. The molecule has 4 bridgehead atoms. The molecule has 1 nitrogen and oxygen atoms in total. The molecule has 0 radical (unpaired) electrons. The Hall–Kier alpha value is -0.690. The summed E-state index contributed by atoms with van der Waals surface area (Å²) in [4.78, 5) is 0. The Morgan fingerprint density at radius 3 is 2.25 bits per heavy atom. The number of benzene rings is 1. The third-order valence-corrected chi connectivity index (χ3v) is 6.98. The summed E-state index contributed by atoms with van der Waals surface area (Å²) in [5.74, 6) is 3.09. The predicted molar refractivity (Wildman–Crippen MR) is 83.2 cm³/mol. The van der Waals surface area contributed by atoms with E-state index in [0.29, 0.717) is 11.5 Å². The minimum atomic E-state index is 0.580. The molecule has 1 N–H and O–H groups in total. The summed E-state index contributed by atoms with van der Waals surface area (Å²) in [6.45, 7) is 0. The van der Waals surface area contributed by atoms with Crippen LogP contribution in [-0.4, -0.2) is 6.04 Å². The quantitative estimate of drug-likeness (QED) is 0.775. The first-order valence-electron chi connectivity index (χ1n) is 8.26. The van der Waals surface area contributed by atoms with E-state index in [9.17, 15) is 0 Å². The highest BCUT2D eigenvalue weighted by molar-refractivity contribution is 6.33. The van der Waals surface area contributed by atoms with Crippen LogP contribution in [0.1, 0.15) is 44.1 Å². The van der Waals surface area contributed by atoms with Gasteiger partial charge < -0.3 is 5.32 Å². The highest BCUT2D eigenvalue weighted by atomic mass is 35.5. The Labute approximate surface area is 126 Å². The molecular weight excluding hydrogens is 266 g/mol. The van der Waals surface area contributed by atoms with E-state index in [1.807, 2.05) is 6.07 Å². The van der Waals surface area contributed by atoms with Crippen LogP contribution in [0.25, 0.3) is 0 Å². The Morgan fingerprint density at radius 2 is 1.65 bits per heavy atom. The number of anilines is 1. The zero-order valence-electron chi connectivity index (χ0n) is 11.9. The van der Waals surface area contributed by atoms with Crippen LogP contribution in [0, 0.1) is 23.2 Å². The van der Waals surface area contributed by atoms with E-state index in [2.05, 4.69) is 17.4 Å². The largest absolute Gasteiger partial charge is 0.380 e. The van der Waals surface area contributed by atoms with Gasteiger partial charge in [-0.15, -0.1) is 0 Å². The number of hydrogen-bond acceptors (Lipinski definition) is 1. The van der Waals surface area contributed by atoms with Gasteiger partial charge in [-0.05, 0) is 79.7 Å². The highest BCUT2D eigenvalue weighted by Crippen LogP contribution is 2.62. The van der Waals surface area contributed by atoms with Crippen molar-refractivity contribution in [3.8, 4) is 0 Å². The predicted octanol–water partition coefficient (Wildman–Crippen LogP) is 4.89. The van der Waals surface area contributed by atoms with Crippen molar-refractivity contribution in [1.29, 1.82) is 0 Å². The third-order valence-electron chi connectivity index (χ3n) is 6.67. The van der Waals surface area contributed by atoms with Gasteiger partial charge in [0.05, 0.1) is 10.7 Å². The van der Waals surface area contributed by atoms with Gasteiger partial charge >= 0.3 is 0 Å². The summed E-state index contributed by atoms with van der Waals surface area (Å²) in [6.07, 6.45) is 10.2. The summed E-state index contributed by atoms with van der Waals surface area (Å²) >= 11 is 6.38. The van der Waals surface area contributed by atoms with Crippen molar-refractivity contribution in [3.05, 3.63) is 28.8 Å². The lowest BCUT2D eigenvalue weighted by Crippen LogP contribution is -2.53. The zero-order chi connectivity index (χ0) is 13.3. The molecule has 4 saturated carbocycles. The molecule has 1 aromatic rings. The van der Waals surface area contributed by atoms with Crippen LogP contribution >= 0.6 is 11.6 Å². The molecule has 1 heterocycles. The monoisotopic (exact) mass is 287 g/mol. The van der Waals surface area contributed by atoms with Gasteiger partial charge in [-0.2, -0.15) is 0 Å². The summed E-state index contributed by atoms with van der Waals surface area (Å²) in [6, 6.07) is 7.03. The first-order valence-corrected chi connectivity index (χ1v) is 8.64. The molecule has 20 heavy (non-hydrogen) atoms. The molecule has 1 aromatic carbocycles. The smallest absolute Gasteiger partial charge is 0.0640 e. The second-order valence-corrected chi connectivity index (χ2v) is 8.36. The van der Waals surface area contributed by atoms with Crippen LogP contribution in [0.2, 0.25) is 5.02 Å². The molecular formula is C18H22ClN. The van der Waals surface area contributed by atoms with Crippen molar-refractivity contribution in [2.24, 2.45) is 23.2 Å². The number of rotatable bonds is 1. The number of halogens is 1. The summed E-state index contributed by atoms with van der Waals surface area (Å²) in [5.41, 5.74) is 3.25. The first-order chi connectivity index (χ1) is 9.72. The number of nitrogens with one attached hydrogen (secondary N) is 1. The van der Waals surface area contributed by atoms with Crippen molar-refractivity contribution >= 4 is 17.3 Å². The average molecular weight is 288 g/mol. The first kappa shape index (κ1) is 11.9. The Balaban J connectivity index is 1.49. The van der Waals surface area contributed by atoms with Gasteiger partial charge in [0.2, 0.25) is 0 Å². The molecule has 0 spiro atoms. The van der Waals surface area contributed by atoms with Gasteiger partial charge in [-0.3, -0.25) is 0 Å². The van der Waals surface area contributed by atoms with Gasteiger partial charge in [-0.25, -0.2) is 0 Å².